The van der Waals surface area contributed by atoms with Gasteiger partial charge < -0.3 is 22.1 Å². The molecule has 1 amide bonds. The molecule has 0 fully saturated rings. The summed E-state index contributed by atoms with van der Waals surface area (Å²) in [6.45, 7) is -0.0915. The molecule has 10 nitrogen and oxygen atoms in total. The van der Waals surface area contributed by atoms with Crippen molar-refractivity contribution in [2.24, 2.45) is 11.5 Å². The van der Waals surface area contributed by atoms with Gasteiger partial charge in [0.25, 0.3) is 0 Å². The molecule has 0 saturated heterocycles. The molecule has 6 N–H and O–H groups in total. The number of rotatable bonds is 10. The lowest BCUT2D eigenvalue weighted by Gasteiger charge is -2.09. The third kappa shape index (κ3) is 11.7. The molecule has 0 aromatic carbocycles. The lowest BCUT2D eigenvalue weighted by atomic mass is 10.1. The second kappa shape index (κ2) is 14.5. The first-order valence-electron chi connectivity index (χ1n) is 10.3. The Bertz CT molecular complexity index is 1020. The van der Waals surface area contributed by atoms with Crippen molar-refractivity contribution in [2.45, 2.75) is 38.2 Å². The number of carbonyl (C=O) groups is 2. The number of nitrogens with two attached hydrogens (primary N) is 2. The van der Waals surface area contributed by atoms with Gasteiger partial charge in [0, 0.05) is 11.9 Å². The third-order valence-corrected chi connectivity index (χ3v) is 4.05. The number of hydrogen-bond donors (Lipinski definition) is 4. The highest BCUT2D eigenvalue weighted by atomic mass is 19.4. The summed E-state index contributed by atoms with van der Waals surface area (Å²) in [6.07, 6.45) is -0.527. The molecule has 1 unspecified atom stereocenters. The van der Waals surface area contributed by atoms with Crippen LogP contribution in [0, 0.1) is 0 Å². The second-order valence-corrected chi connectivity index (χ2v) is 7.24. The van der Waals surface area contributed by atoms with Crippen LogP contribution in [-0.2, 0) is 23.9 Å². The molecule has 0 aliphatic heterocycles. The Morgan fingerprint density at radius 3 is 2.54 bits per heavy atom. The summed E-state index contributed by atoms with van der Waals surface area (Å²) in [4.78, 5) is 26.2. The molecule has 2 aromatic heterocycles. The van der Waals surface area contributed by atoms with Crippen LogP contribution in [0.2, 0.25) is 0 Å². The van der Waals surface area contributed by atoms with Crippen LogP contribution in [0.3, 0.4) is 0 Å². The predicted octanol–water partition coefficient (Wildman–Crippen LogP) is 1.46. The Balaban J connectivity index is 0.00000194. The van der Waals surface area contributed by atoms with E-state index in [9.17, 15) is 27.2 Å². The van der Waals surface area contributed by atoms with E-state index in [0.717, 1.165) is 18.3 Å². The largest absolute Gasteiger partial charge is 0.416 e. The van der Waals surface area contributed by atoms with Crippen LogP contribution in [0.4, 0.5) is 17.6 Å². The molecule has 0 aliphatic carbocycles. The number of pyridine rings is 1. The first-order chi connectivity index (χ1) is 16.5. The SMILES string of the molecule is CNC.N/C(=C\C=C(/N)NC(=O)Cc1cc(C(F)(F)F)ccn1)CCC(F)Cn1cc(C=O)nn1. The van der Waals surface area contributed by atoms with Crippen molar-refractivity contribution in [1.29, 1.82) is 0 Å². The molecule has 35 heavy (non-hydrogen) atoms. The van der Waals surface area contributed by atoms with Gasteiger partial charge in [0.15, 0.2) is 6.29 Å². The summed E-state index contributed by atoms with van der Waals surface area (Å²) in [5.41, 5.74) is 10.9. The topological polar surface area (TPSA) is 154 Å². The highest BCUT2D eigenvalue weighted by Crippen LogP contribution is 2.29. The maximum Gasteiger partial charge on any atom is 0.416 e. The van der Waals surface area contributed by atoms with Crippen molar-refractivity contribution < 1.29 is 27.2 Å². The summed E-state index contributed by atoms with van der Waals surface area (Å²) in [5, 5.41) is 12.2. The standard InChI is InChI=1S/C19H21F4N7O2.C2H7N/c20-13(9-30-10-16(11-31)28-29-30)1-2-14(24)3-4-17(25)27-18(32)8-15-7-12(5-6-26-15)19(21,22)23;1-3-2/h3-7,10-11,13H,1-2,8-9,24-25H2,(H,27,32);3H,1-2H3/b14-3-,17-4+;. The fraction of sp³-hybridized carbons (Fsp3) is 0.381. The van der Waals surface area contributed by atoms with E-state index in [1.54, 1.807) is 0 Å². The van der Waals surface area contributed by atoms with Gasteiger partial charge in [-0.05, 0) is 51.2 Å². The number of nitrogens with zero attached hydrogens (tertiary/aromatic N) is 4. The van der Waals surface area contributed by atoms with Crippen molar-refractivity contribution in [3.63, 3.8) is 0 Å². The lowest BCUT2D eigenvalue weighted by molar-refractivity contribution is -0.137. The number of carbonyl (C=O) groups excluding carboxylic acids is 2. The Morgan fingerprint density at radius 2 is 1.94 bits per heavy atom. The lowest BCUT2D eigenvalue weighted by Crippen LogP contribution is -2.29. The minimum absolute atomic E-state index is 0.0678. The van der Waals surface area contributed by atoms with E-state index < -0.39 is 30.2 Å². The van der Waals surface area contributed by atoms with Crippen LogP contribution >= 0.6 is 0 Å². The fourth-order valence-corrected chi connectivity index (χ4v) is 2.52. The van der Waals surface area contributed by atoms with Gasteiger partial charge in [0.2, 0.25) is 5.91 Å². The van der Waals surface area contributed by atoms with Gasteiger partial charge in [-0.2, -0.15) is 13.2 Å². The second-order valence-electron chi connectivity index (χ2n) is 7.24. The van der Waals surface area contributed by atoms with E-state index in [0.29, 0.717) is 6.29 Å². The highest BCUT2D eigenvalue weighted by molar-refractivity contribution is 5.79. The molecule has 0 saturated carbocycles. The van der Waals surface area contributed by atoms with Crippen LogP contribution in [0.15, 0.2) is 48.2 Å². The average Bonchev–Trinajstić information content (AvgIpc) is 3.24. The Hall–Kier alpha value is -3.81. The minimum Gasteiger partial charge on any atom is -0.402 e. The molecule has 192 valence electrons. The highest BCUT2D eigenvalue weighted by Gasteiger charge is 2.30. The van der Waals surface area contributed by atoms with Crippen LogP contribution in [0.5, 0.6) is 0 Å². The van der Waals surface area contributed by atoms with Crippen LogP contribution < -0.4 is 22.1 Å². The molecule has 2 heterocycles. The van der Waals surface area contributed by atoms with Gasteiger partial charge in [-0.3, -0.25) is 14.6 Å². The molecular weight excluding hydrogens is 472 g/mol. The van der Waals surface area contributed by atoms with E-state index >= 15 is 0 Å². The maximum absolute atomic E-state index is 14.0. The van der Waals surface area contributed by atoms with Crippen LogP contribution in [0.25, 0.3) is 0 Å². The van der Waals surface area contributed by atoms with Gasteiger partial charge in [-0.1, -0.05) is 5.21 Å². The number of alkyl halides is 4. The fourth-order valence-electron chi connectivity index (χ4n) is 2.52. The average molecular weight is 501 g/mol. The summed E-state index contributed by atoms with van der Waals surface area (Å²) >= 11 is 0. The first-order valence-corrected chi connectivity index (χ1v) is 10.3. The maximum atomic E-state index is 14.0. The van der Waals surface area contributed by atoms with Crippen LogP contribution in [-0.4, -0.2) is 52.4 Å². The zero-order valence-electron chi connectivity index (χ0n) is 19.2. The predicted molar refractivity (Wildman–Crippen MR) is 120 cm³/mol. The quantitative estimate of drug-likeness (QED) is 0.217. The molecular formula is C21H28F4N8O2. The molecule has 1 atom stereocenters. The molecule has 2 rings (SSSR count). The van der Waals surface area contributed by atoms with E-state index in [4.69, 9.17) is 11.5 Å². The third-order valence-electron chi connectivity index (χ3n) is 4.05. The van der Waals surface area contributed by atoms with E-state index in [2.05, 4.69) is 25.9 Å². The first kappa shape index (κ1) is 29.2. The van der Waals surface area contributed by atoms with E-state index in [1.165, 1.54) is 23.0 Å². The number of halogens is 4. The number of aldehydes is 1. The van der Waals surface area contributed by atoms with Gasteiger partial charge in [-0.25, -0.2) is 9.07 Å². The van der Waals surface area contributed by atoms with E-state index in [-0.39, 0.29) is 42.3 Å². The van der Waals surface area contributed by atoms with Gasteiger partial charge in [-0.15, -0.1) is 5.10 Å². The molecule has 0 radical (unpaired) electrons. The molecule has 14 heteroatoms. The van der Waals surface area contributed by atoms with Gasteiger partial charge in [0.05, 0.1) is 30.4 Å². The monoisotopic (exact) mass is 500 g/mol. The zero-order valence-corrected chi connectivity index (χ0v) is 19.2. The molecule has 0 aliphatic rings. The summed E-state index contributed by atoms with van der Waals surface area (Å²) in [6, 6.07) is 1.59. The normalized spacial score (nSPS) is 13.0. The van der Waals surface area contributed by atoms with Crippen molar-refractivity contribution >= 4 is 12.2 Å². The van der Waals surface area contributed by atoms with Gasteiger partial charge in [0.1, 0.15) is 17.7 Å². The van der Waals surface area contributed by atoms with Gasteiger partial charge >= 0.3 is 6.18 Å². The van der Waals surface area contributed by atoms with Crippen LogP contribution in [0.1, 0.15) is 34.6 Å². The number of nitrogens with one attached hydrogen (secondary N) is 2. The number of hydrogen-bond acceptors (Lipinski definition) is 8. The summed E-state index contributed by atoms with van der Waals surface area (Å²) in [5.74, 6) is -0.755. The number of aromatic nitrogens is 4. The minimum atomic E-state index is -4.54. The number of amides is 1. The smallest absolute Gasteiger partial charge is 0.402 e. The van der Waals surface area contributed by atoms with Crippen molar-refractivity contribution in [1.82, 2.24) is 30.6 Å². The molecule has 0 spiro atoms. The Labute approximate surface area is 199 Å². The van der Waals surface area contributed by atoms with E-state index in [1.807, 2.05) is 14.1 Å². The van der Waals surface area contributed by atoms with Crippen molar-refractivity contribution in [3.05, 3.63) is 65.1 Å². The van der Waals surface area contributed by atoms with Crippen molar-refractivity contribution in [2.75, 3.05) is 14.1 Å². The molecule has 0 bridgehead atoms. The van der Waals surface area contributed by atoms with Crippen molar-refractivity contribution in [3.8, 4) is 0 Å². The zero-order chi connectivity index (χ0) is 26.4. The molecule has 2 aromatic rings. The Morgan fingerprint density at radius 1 is 1.26 bits per heavy atom. The summed E-state index contributed by atoms with van der Waals surface area (Å²) in [7, 11) is 3.75. The Kier molecular flexibility index (Phi) is 12.1. The summed E-state index contributed by atoms with van der Waals surface area (Å²) < 4.78 is 53.3. The number of allylic oxidation sites excluding steroid dienone is 3.